The molecule has 0 unspecified atom stereocenters. The highest BCUT2D eigenvalue weighted by atomic mass is 32.2. The van der Waals surface area contributed by atoms with E-state index in [1.807, 2.05) is 0 Å². The van der Waals surface area contributed by atoms with E-state index in [4.69, 9.17) is 5.73 Å². The Kier molecular flexibility index (Phi) is 5.21. The van der Waals surface area contributed by atoms with Crippen molar-refractivity contribution >= 4 is 21.4 Å². The van der Waals surface area contributed by atoms with Gasteiger partial charge in [0.05, 0.1) is 17.2 Å². The second-order valence-corrected chi connectivity index (χ2v) is 6.61. The van der Waals surface area contributed by atoms with Crippen LogP contribution >= 0.6 is 0 Å². The van der Waals surface area contributed by atoms with E-state index in [1.165, 1.54) is 31.2 Å². The van der Waals surface area contributed by atoms with Gasteiger partial charge >= 0.3 is 6.18 Å². The number of hydrogen-bond acceptors (Lipinski definition) is 4. The van der Waals surface area contributed by atoms with Crippen LogP contribution < -0.4 is 10.6 Å². The molecule has 1 aromatic rings. The lowest BCUT2D eigenvalue weighted by molar-refractivity contribution is -0.122. The minimum Gasteiger partial charge on any atom is -0.368 e. The highest BCUT2D eigenvalue weighted by Gasteiger charge is 2.31. The molecule has 0 saturated heterocycles. The van der Waals surface area contributed by atoms with E-state index >= 15 is 0 Å². The fourth-order valence-corrected chi connectivity index (χ4v) is 2.56. The van der Waals surface area contributed by atoms with E-state index < -0.39 is 35.0 Å². The molecular formula is C12H15F3N2O3S. The van der Waals surface area contributed by atoms with Crippen LogP contribution in [0.25, 0.3) is 0 Å². The fourth-order valence-electron chi connectivity index (χ4n) is 1.67. The number of hydrogen-bond donors (Lipinski definition) is 1. The number of sulfone groups is 1. The first-order valence-corrected chi connectivity index (χ1v) is 7.63. The van der Waals surface area contributed by atoms with E-state index in [1.54, 1.807) is 0 Å². The van der Waals surface area contributed by atoms with Crippen LogP contribution in [0, 0.1) is 0 Å². The maximum Gasteiger partial charge on any atom is 0.405 e. The second kappa shape index (κ2) is 6.33. The van der Waals surface area contributed by atoms with Crippen molar-refractivity contribution in [2.45, 2.75) is 18.0 Å². The molecule has 1 rings (SSSR count). The van der Waals surface area contributed by atoms with Gasteiger partial charge in [0.25, 0.3) is 0 Å². The monoisotopic (exact) mass is 324 g/mol. The Labute approximate surface area is 120 Å². The van der Waals surface area contributed by atoms with Gasteiger partial charge in [-0.1, -0.05) is 6.92 Å². The number of primary amides is 1. The van der Waals surface area contributed by atoms with Gasteiger partial charge in [-0.15, -0.1) is 0 Å². The summed E-state index contributed by atoms with van der Waals surface area (Å²) in [4.78, 5) is 11.6. The van der Waals surface area contributed by atoms with E-state index in [-0.39, 0.29) is 16.3 Å². The second-order valence-electron chi connectivity index (χ2n) is 4.33. The van der Waals surface area contributed by atoms with Gasteiger partial charge in [-0.3, -0.25) is 4.79 Å². The first kappa shape index (κ1) is 17.3. The van der Waals surface area contributed by atoms with Gasteiger partial charge in [-0.05, 0) is 24.3 Å². The summed E-state index contributed by atoms with van der Waals surface area (Å²) in [5.41, 5.74) is 5.00. The standard InChI is InChI=1S/C12H15F3N2O3S/c1-2-21(19,20)10-5-3-9(4-6-10)17(7-11(16)18)8-12(13,14)15/h3-6H,2,7-8H2,1H3,(H2,16,18). The number of halogens is 3. The predicted octanol–water partition coefficient (Wildman–Crippen LogP) is 1.33. The van der Waals surface area contributed by atoms with Gasteiger partial charge in [0, 0.05) is 5.69 Å². The van der Waals surface area contributed by atoms with Crippen LogP contribution in [-0.4, -0.2) is 39.3 Å². The molecule has 9 heteroatoms. The molecule has 1 aromatic carbocycles. The molecule has 118 valence electrons. The van der Waals surface area contributed by atoms with Crippen molar-refractivity contribution in [3.63, 3.8) is 0 Å². The van der Waals surface area contributed by atoms with Gasteiger partial charge in [0.15, 0.2) is 9.84 Å². The Morgan fingerprint density at radius 3 is 2.14 bits per heavy atom. The predicted molar refractivity (Wildman–Crippen MR) is 71.6 cm³/mol. The van der Waals surface area contributed by atoms with Crippen LogP contribution in [0.1, 0.15) is 6.92 Å². The normalized spacial score (nSPS) is 12.2. The highest BCUT2D eigenvalue weighted by molar-refractivity contribution is 7.91. The third kappa shape index (κ3) is 5.25. The SMILES string of the molecule is CCS(=O)(=O)c1ccc(N(CC(N)=O)CC(F)(F)F)cc1. The zero-order chi connectivity index (χ0) is 16.3. The van der Waals surface area contributed by atoms with E-state index in [2.05, 4.69) is 0 Å². The third-order valence-corrected chi connectivity index (χ3v) is 4.41. The van der Waals surface area contributed by atoms with Crippen molar-refractivity contribution in [1.82, 2.24) is 0 Å². The van der Waals surface area contributed by atoms with Crippen molar-refractivity contribution in [3.05, 3.63) is 24.3 Å². The quantitative estimate of drug-likeness (QED) is 0.856. The molecule has 0 aromatic heterocycles. The van der Waals surface area contributed by atoms with Crippen molar-refractivity contribution in [2.24, 2.45) is 5.73 Å². The smallest absolute Gasteiger partial charge is 0.368 e. The first-order chi connectivity index (χ1) is 9.55. The molecule has 5 nitrogen and oxygen atoms in total. The van der Waals surface area contributed by atoms with Gasteiger partial charge < -0.3 is 10.6 Å². The minimum absolute atomic E-state index is 0.0137. The molecule has 0 radical (unpaired) electrons. The minimum atomic E-state index is -4.51. The van der Waals surface area contributed by atoms with Crippen molar-refractivity contribution in [2.75, 3.05) is 23.7 Å². The number of anilines is 1. The van der Waals surface area contributed by atoms with E-state index in [9.17, 15) is 26.4 Å². The van der Waals surface area contributed by atoms with Gasteiger partial charge in [0.2, 0.25) is 5.91 Å². The number of nitrogens with zero attached hydrogens (tertiary/aromatic N) is 1. The Hall–Kier alpha value is -1.77. The lowest BCUT2D eigenvalue weighted by Gasteiger charge is -2.24. The van der Waals surface area contributed by atoms with Crippen LogP contribution in [0.2, 0.25) is 0 Å². The topological polar surface area (TPSA) is 80.5 Å². The van der Waals surface area contributed by atoms with Crippen LogP contribution in [0.3, 0.4) is 0 Å². The molecule has 0 atom stereocenters. The molecule has 0 bridgehead atoms. The Balaban J connectivity index is 3.06. The third-order valence-electron chi connectivity index (χ3n) is 2.66. The number of nitrogens with two attached hydrogens (primary N) is 1. The van der Waals surface area contributed by atoms with E-state index in [0.29, 0.717) is 0 Å². The van der Waals surface area contributed by atoms with Crippen molar-refractivity contribution in [1.29, 1.82) is 0 Å². The molecular weight excluding hydrogens is 309 g/mol. The molecule has 0 saturated carbocycles. The Morgan fingerprint density at radius 2 is 1.76 bits per heavy atom. The first-order valence-electron chi connectivity index (χ1n) is 5.98. The summed E-state index contributed by atoms with van der Waals surface area (Å²) in [7, 11) is -3.43. The molecule has 0 aliphatic carbocycles. The molecule has 0 aliphatic heterocycles. The number of carbonyl (C=O) groups excluding carboxylic acids is 1. The highest BCUT2D eigenvalue weighted by Crippen LogP contribution is 2.23. The number of benzene rings is 1. The maximum atomic E-state index is 12.5. The fraction of sp³-hybridized carbons (Fsp3) is 0.417. The van der Waals surface area contributed by atoms with Gasteiger partial charge in [0.1, 0.15) is 6.54 Å². The van der Waals surface area contributed by atoms with Crippen molar-refractivity contribution < 1.29 is 26.4 Å². The lowest BCUT2D eigenvalue weighted by atomic mass is 10.2. The number of carbonyl (C=O) groups is 1. The van der Waals surface area contributed by atoms with Crippen molar-refractivity contribution in [3.8, 4) is 0 Å². The Bertz CT molecular complexity index is 597. The number of alkyl halides is 3. The molecule has 0 fully saturated rings. The number of rotatable bonds is 6. The van der Waals surface area contributed by atoms with Crippen LogP contribution in [-0.2, 0) is 14.6 Å². The van der Waals surface area contributed by atoms with Crippen LogP contribution in [0.15, 0.2) is 29.2 Å². The Morgan fingerprint density at radius 1 is 1.24 bits per heavy atom. The maximum absolute atomic E-state index is 12.5. The van der Waals surface area contributed by atoms with E-state index in [0.717, 1.165) is 4.90 Å². The molecule has 2 N–H and O–H groups in total. The van der Waals surface area contributed by atoms with Crippen LogP contribution in [0.4, 0.5) is 18.9 Å². The zero-order valence-corrected chi connectivity index (χ0v) is 12.0. The summed E-state index contributed by atoms with van der Waals surface area (Å²) in [6, 6.07) is 4.85. The summed E-state index contributed by atoms with van der Waals surface area (Å²) in [5.74, 6) is -1.02. The summed E-state index contributed by atoms with van der Waals surface area (Å²) >= 11 is 0. The number of amides is 1. The molecule has 0 aliphatic rings. The zero-order valence-electron chi connectivity index (χ0n) is 11.2. The molecule has 0 spiro atoms. The largest absolute Gasteiger partial charge is 0.405 e. The molecule has 0 heterocycles. The summed E-state index contributed by atoms with van der Waals surface area (Å²) in [6.45, 7) is -0.499. The van der Waals surface area contributed by atoms with Gasteiger partial charge in [-0.25, -0.2) is 8.42 Å². The summed E-state index contributed by atoms with van der Waals surface area (Å²) < 4.78 is 60.7. The molecule has 1 amide bonds. The average molecular weight is 324 g/mol. The van der Waals surface area contributed by atoms with Gasteiger partial charge in [-0.2, -0.15) is 13.2 Å². The summed E-state index contributed by atoms with van der Waals surface area (Å²) in [6.07, 6.45) is -4.51. The average Bonchev–Trinajstić information content (AvgIpc) is 2.36. The summed E-state index contributed by atoms with van der Waals surface area (Å²) in [5, 5.41) is 0. The lowest BCUT2D eigenvalue weighted by Crippen LogP contribution is -2.40. The molecule has 21 heavy (non-hydrogen) atoms. The van der Waals surface area contributed by atoms with Crippen LogP contribution in [0.5, 0.6) is 0 Å².